The number of hydrogen-bond donors (Lipinski definition) is 0. The Labute approximate surface area is 73.4 Å². The SMILES string of the molecule is CC.Cc1cc(CC=O)n(C)n1. The molecule has 1 rings (SSSR count). The second-order valence-corrected chi connectivity index (χ2v) is 2.27. The van der Waals surface area contributed by atoms with Crippen molar-refractivity contribution in [1.82, 2.24) is 9.78 Å². The molecular formula is C9H16N2O. The third-order valence-corrected chi connectivity index (χ3v) is 1.39. The quantitative estimate of drug-likeness (QED) is 0.627. The molecule has 68 valence electrons. The molecule has 0 bridgehead atoms. The molecule has 0 aliphatic rings. The fraction of sp³-hybridized carbons (Fsp3) is 0.556. The van der Waals surface area contributed by atoms with E-state index in [0.29, 0.717) is 6.42 Å². The van der Waals surface area contributed by atoms with E-state index in [9.17, 15) is 4.79 Å². The Morgan fingerprint density at radius 1 is 1.58 bits per heavy atom. The summed E-state index contributed by atoms with van der Waals surface area (Å²) in [6.07, 6.45) is 1.34. The van der Waals surface area contributed by atoms with Crippen molar-refractivity contribution in [1.29, 1.82) is 0 Å². The molecule has 3 nitrogen and oxygen atoms in total. The lowest BCUT2D eigenvalue weighted by atomic mass is 10.3. The minimum atomic E-state index is 0.456. The zero-order valence-corrected chi connectivity index (χ0v) is 8.16. The van der Waals surface area contributed by atoms with Gasteiger partial charge in [0.25, 0.3) is 0 Å². The smallest absolute Gasteiger partial charge is 0.125 e. The van der Waals surface area contributed by atoms with Crippen molar-refractivity contribution >= 4 is 6.29 Å². The van der Waals surface area contributed by atoms with Crippen LogP contribution in [-0.4, -0.2) is 16.1 Å². The second-order valence-electron chi connectivity index (χ2n) is 2.27. The Bertz CT molecular complexity index is 241. The van der Waals surface area contributed by atoms with Gasteiger partial charge in [-0.05, 0) is 13.0 Å². The van der Waals surface area contributed by atoms with Crippen molar-refractivity contribution in [3.8, 4) is 0 Å². The highest BCUT2D eigenvalue weighted by atomic mass is 16.1. The molecule has 0 saturated heterocycles. The Balaban J connectivity index is 0.000000561. The molecule has 0 aliphatic carbocycles. The lowest BCUT2D eigenvalue weighted by Crippen LogP contribution is -1.98. The average Bonchev–Trinajstić information content (AvgIpc) is 2.35. The zero-order chi connectivity index (χ0) is 9.56. The van der Waals surface area contributed by atoms with E-state index in [4.69, 9.17) is 0 Å². The molecule has 0 saturated carbocycles. The number of rotatable bonds is 2. The van der Waals surface area contributed by atoms with Crippen molar-refractivity contribution in [3.05, 3.63) is 17.5 Å². The first-order valence-electron chi connectivity index (χ1n) is 4.17. The summed E-state index contributed by atoms with van der Waals surface area (Å²) in [5, 5.41) is 4.09. The molecule has 0 spiro atoms. The lowest BCUT2D eigenvalue weighted by molar-refractivity contribution is -0.107. The van der Waals surface area contributed by atoms with Crippen LogP contribution in [0.5, 0.6) is 0 Å². The van der Waals surface area contributed by atoms with Gasteiger partial charge < -0.3 is 4.79 Å². The van der Waals surface area contributed by atoms with E-state index >= 15 is 0 Å². The van der Waals surface area contributed by atoms with E-state index < -0.39 is 0 Å². The molecule has 1 heterocycles. The van der Waals surface area contributed by atoms with Gasteiger partial charge in [0.15, 0.2) is 0 Å². The molecule has 0 fully saturated rings. The van der Waals surface area contributed by atoms with Crippen molar-refractivity contribution in [2.24, 2.45) is 7.05 Å². The first-order chi connectivity index (χ1) is 5.74. The Hall–Kier alpha value is -1.12. The fourth-order valence-corrected chi connectivity index (χ4v) is 0.941. The molecule has 1 aromatic rings. The first-order valence-corrected chi connectivity index (χ1v) is 4.17. The first kappa shape index (κ1) is 10.9. The van der Waals surface area contributed by atoms with Crippen molar-refractivity contribution in [2.75, 3.05) is 0 Å². The van der Waals surface area contributed by atoms with Crippen LogP contribution in [0, 0.1) is 6.92 Å². The van der Waals surface area contributed by atoms with Gasteiger partial charge in [0.1, 0.15) is 6.29 Å². The van der Waals surface area contributed by atoms with Crippen LogP contribution in [0.4, 0.5) is 0 Å². The molecule has 1 aromatic heterocycles. The molecule has 0 atom stereocenters. The summed E-state index contributed by atoms with van der Waals surface area (Å²) < 4.78 is 1.73. The normalized spacial score (nSPS) is 8.67. The summed E-state index contributed by atoms with van der Waals surface area (Å²) in [5.41, 5.74) is 1.92. The van der Waals surface area contributed by atoms with Crippen LogP contribution in [0.15, 0.2) is 6.07 Å². The summed E-state index contributed by atoms with van der Waals surface area (Å²) in [6, 6.07) is 1.91. The topological polar surface area (TPSA) is 34.9 Å². The molecule has 0 N–H and O–H groups in total. The maximum Gasteiger partial charge on any atom is 0.125 e. The Morgan fingerprint density at radius 3 is 2.50 bits per heavy atom. The van der Waals surface area contributed by atoms with Crippen LogP contribution < -0.4 is 0 Å². The number of aldehydes is 1. The number of aryl methyl sites for hydroxylation is 2. The van der Waals surface area contributed by atoms with Gasteiger partial charge in [0.05, 0.1) is 5.69 Å². The van der Waals surface area contributed by atoms with Crippen LogP contribution >= 0.6 is 0 Å². The molecule has 0 aliphatic heterocycles. The predicted octanol–water partition coefficient (Wildman–Crippen LogP) is 1.50. The number of carbonyl (C=O) groups excluding carboxylic acids is 1. The van der Waals surface area contributed by atoms with Gasteiger partial charge in [-0.3, -0.25) is 4.68 Å². The predicted molar refractivity (Wildman–Crippen MR) is 49.1 cm³/mol. The lowest BCUT2D eigenvalue weighted by Gasteiger charge is -1.92. The van der Waals surface area contributed by atoms with Crippen molar-refractivity contribution in [3.63, 3.8) is 0 Å². The van der Waals surface area contributed by atoms with E-state index in [1.807, 2.05) is 33.9 Å². The molecule has 0 unspecified atom stereocenters. The standard InChI is InChI=1S/C7H10N2O.C2H6/c1-6-5-7(3-4-10)9(2)8-6;1-2/h4-5H,3H2,1-2H3;1-2H3. The summed E-state index contributed by atoms with van der Waals surface area (Å²) >= 11 is 0. The van der Waals surface area contributed by atoms with Crippen LogP contribution in [0.1, 0.15) is 25.2 Å². The third kappa shape index (κ3) is 2.86. The van der Waals surface area contributed by atoms with E-state index in [1.54, 1.807) is 4.68 Å². The zero-order valence-electron chi connectivity index (χ0n) is 8.16. The van der Waals surface area contributed by atoms with Gasteiger partial charge in [0, 0.05) is 19.2 Å². The number of carbonyl (C=O) groups is 1. The van der Waals surface area contributed by atoms with Crippen molar-refractivity contribution in [2.45, 2.75) is 27.2 Å². The molecule has 3 heteroatoms. The van der Waals surface area contributed by atoms with Gasteiger partial charge in [-0.2, -0.15) is 5.10 Å². The van der Waals surface area contributed by atoms with Gasteiger partial charge in [0.2, 0.25) is 0 Å². The van der Waals surface area contributed by atoms with Crippen LogP contribution in [0.2, 0.25) is 0 Å². The Kier molecular flexibility index (Phi) is 5.00. The monoisotopic (exact) mass is 168 g/mol. The minimum Gasteiger partial charge on any atom is -0.303 e. The van der Waals surface area contributed by atoms with Crippen molar-refractivity contribution < 1.29 is 4.79 Å². The third-order valence-electron chi connectivity index (χ3n) is 1.39. The highest BCUT2D eigenvalue weighted by molar-refractivity contribution is 5.53. The minimum absolute atomic E-state index is 0.456. The molecule has 0 radical (unpaired) electrons. The largest absolute Gasteiger partial charge is 0.303 e. The molecule has 12 heavy (non-hydrogen) atoms. The highest BCUT2D eigenvalue weighted by Crippen LogP contribution is 2.00. The van der Waals surface area contributed by atoms with Gasteiger partial charge >= 0.3 is 0 Å². The average molecular weight is 168 g/mol. The number of nitrogens with zero attached hydrogens (tertiary/aromatic N) is 2. The second kappa shape index (κ2) is 5.52. The number of aromatic nitrogens is 2. The summed E-state index contributed by atoms with van der Waals surface area (Å²) in [5.74, 6) is 0. The summed E-state index contributed by atoms with van der Waals surface area (Å²) in [7, 11) is 1.84. The van der Waals surface area contributed by atoms with Gasteiger partial charge in [-0.25, -0.2) is 0 Å². The van der Waals surface area contributed by atoms with Gasteiger partial charge in [-0.1, -0.05) is 13.8 Å². The molecule has 0 amide bonds. The van der Waals surface area contributed by atoms with E-state index in [2.05, 4.69) is 5.10 Å². The number of hydrogen-bond acceptors (Lipinski definition) is 2. The van der Waals surface area contributed by atoms with Gasteiger partial charge in [-0.15, -0.1) is 0 Å². The maximum atomic E-state index is 10.1. The van der Waals surface area contributed by atoms with Crippen LogP contribution in [-0.2, 0) is 18.3 Å². The highest BCUT2D eigenvalue weighted by Gasteiger charge is 1.98. The molecule has 0 aromatic carbocycles. The van der Waals surface area contributed by atoms with E-state index in [0.717, 1.165) is 17.7 Å². The van der Waals surface area contributed by atoms with E-state index in [-0.39, 0.29) is 0 Å². The van der Waals surface area contributed by atoms with Crippen LogP contribution in [0.25, 0.3) is 0 Å². The Morgan fingerprint density at radius 2 is 2.17 bits per heavy atom. The molecular weight excluding hydrogens is 152 g/mol. The van der Waals surface area contributed by atoms with Crippen LogP contribution in [0.3, 0.4) is 0 Å². The van der Waals surface area contributed by atoms with E-state index in [1.165, 1.54) is 0 Å². The maximum absolute atomic E-state index is 10.1. The summed E-state index contributed by atoms with van der Waals surface area (Å²) in [6.45, 7) is 5.91. The summed E-state index contributed by atoms with van der Waals surface area (Å²) in [4.78, 5) is 10.1. The fourth-order valence-electron chi connectivity index (χ4n) is 0.941.